The molecule has 0 aliphatic carbocycles. The predicted octanol–water partition coefficient (Wildman–Crippen LogP) is 2.85. The zero-order valence-corrected chi connectivity index (χ0v) is 15.7. The lowest BCUT2D eigenvalue weighted by molar-refractivity contribution is 0.0941. The van der Waals surface area contributed by atoms with Gasteiger partial charge in [-0.05, 0) is 65.9 Å². The van der Waals surface area contributed by atoms with Crippen LogP contribution in [0.5, 0.6) is 0 Å². The molecule has 27 heavy (non-hydrogen) atoms. The number of fused-ring (bicyclic) bond motifs is 1. The zero-order valence-electron chi connectivity index (χ0n) is 15.7. The predicted molar refractivity (Wildman–Crippen MR) is 104 cm³/mol. The Bertz CT molecular complexity index is 927. The maximum Gasteiger partial charge on any atom is 0.255 e. The van der Waals surface area contributed by atoms with Crippen LogP contribution in [0.2, 0.25) is 0 Å². The van der Waals surface area contributed by atoms with Crippen LogP contribution in [0.15, 0.2) is 42.6 Å². The Balaban J connectivity index is 1.44. The van der Waals surface area contributed by atoms with Gasteiger partial charge >= 0.3 is 0 Å². The first-order chi connectivity index (χ1) is 13.1. The standard InChI is InChI=1S/C20H24N6O/c1-14-9-12-25(13-10-14)17-7-5-16(6-8-17)15(2)21-20(27)18-4-3-11-26-19(18)22-23-24-26/h3-8,11,14-15H,9-10,12-13H2,1-2H3,(H,21,27). The monoisotopic (exact) mass is 364 g/mol. The molecule has 3 heterocycles. The largest absolute Gasteiger partial charge is 0.372 e. The van der Waals surface area contributed by atoms with Gasteiger partial charge < -0.3 is 10.2 Å². The second-order valence-electron chi connectivity index (χ2n) is 7.33. The van der Waals surface area contributed by atoms with Gasteiger partial charge in [0.2, 0.25) is 0 Å². The molecule has 0 spiro atoms. The molecule has 3 aromatic rings. The van der Waals surface area contributed by atoms with E-state index in [1.165, 1.54) is 23.0 Å². The number of carbonyl (C=O) groups excluding carboxylic acids is 1. The van der Waals surface area contributed by atoms with Crippen LogP contribution >= 0.6 is 0 Å². The number of aromatic nitrogens is 4. The van der Waals surface area contributed by atoms with Crippen molar-refractivity contribution in [2.75, 3.05) is 18.0 Å². The van der Waals surface area contributed by atoms with Gasteiger partial charge in [0.15, 0.2) is 5.65 Å². The molecule has 140 valence electrons. The molecule has 1 saturated heterocycles. The van der Waals surface area contributed by atoms with E-state index >= 15 is 0 Å². The summed E-state index contributed by atoms with van der Waals surface area (Å²) < 4.78 is 1.49. The van der Waals surface area contributed by atoms with E-state index in [1.807, 2.05) is 6.92 Å². The Kier molecular flexibility index (Phi) is 4.75. The number of benzene rings is 1. The highest BCUT2D eigenvalue weighted by atomic mass is 16.1. The van der Waals surface area contributed by atoms with Crippen molar-refractivity contribution in [3.63, 3.8) is 0 Å². The number of hydrogen-bond acceptors (Lipinski definition) is 5. The van der Waals surface area contributed by atoms with Crippen molar-refractivity contribution in [1.82, 2.24) is 25.4 Å². The molecule has 0 radical (unpaired) electrons. The zero-order chi connectivity index (χ0) is 18.8. The van der Waals surface area contributed by atoms with Gasteiger partial charge in [-0.2, -0.15) is 4.52 Å². The number of nitrogens with zero attached hydrogens (tertiary/aromatic N) is 5. The van der Waals surface area contributed by atoms with Crippen molar-refractivity contribution in [3.05, 3.63) is 53.7 Å². The van der Waals surface area contributed by atoms with Gasteiger partial charge in [-0.1, -0.05) is 19.1 Å². The Hall–Kier alpha value is -2.96. The fraction of sp³-hybridized carbons (Fsp3) is 0.400. The highest BCUT2D eigenvalue weighted by Gasteiger charge is 2.18. The summed E-state index contributed by atoms with van der Waals surface area (Å²) in [6, 6.07) is 11.9. The third-order valence-corrected chi connectivity index (χ3v) is 5.36. The van der Waals surface area contributed by atoms with Crippen molar-refractivity contribution >= 4 is 17.2 Å². The lowest BCUT2D eigenvalue weighted by Gasteiger charge is -2.32. The maximum atomic E-state index is 12.7. The minimum absolute atomic E-state index is 0.107. The average Bonchev–Trinajstić information content (AvgIpc) is 3.17. The van der Waals surface area contributed by atoms with Gasteiger partial charge in [0.05, 0.1) is 11.6 Å². The molecule has 0 saturated carbocycles. The van der Waals surface area contributed by atoms with Gasteiger partial charge in [0.1, 0.15) is 0 Å². The Morgan fingerprint density at radius 2 is 1.93 bits per heavy atom. The van der Waals surface area contributed by atoms with Crippen molar-refractivity contribution in [2.45, 2.75) is 32.7 Å². The summed E-state index contributed by atoms with van der Waals surface area (Å²) in [6.07, 6.45) is 4.21. The number of anilines is 1. The molecule has 1 atom stereocenters. The van der Waals surface area contributed by atoms with Crippen molar-refractivity contribution in [1.29, 1.82) is 0 Å². The summed E-state index contributed by atoms with van der Waals surface area (Å²) in [4.78, 5) is 15.1. The SMILES string of the molecule is CC1CCN(c2ccc(C(C)NC(=O)c3cccn4nnnc34)cc2)CC1. The number of nitrogens with one attached hydrogen (secondary N) is 1. The highest BCUT2D eigenvalue weighted by molar-refractivity contribution is 5.99. The van der Waals surface area contributed by atoms with Crippen LogP contribution in [-0.4, -0.2) is 39.0 Å². The fourth-order valence-corrected chi connectivity index (χ4v) is 3.54. The Morgan fingerprint density at radius 1 is 1.19 bits per heavy atom. The third-order valence-electron chi connectivity index (χ3n) is 5.36. The molecule has 7 heteroatoms. The summed E-state index contributed by atoms with van der Waals surface area (Å²) in [6.45, 7) is 6.53. The van der Waals surface area contributed by atoms with Gasteiger partial charge in [-0.3, -0.25) is 4.79 Å². The van der Waals surface area contributed by atoms with Gasteiger partial charge in [0, 0.05) is 25.0 Å². The Labute approximate surface area is 158 Å². The van der Waals surface area contributed by atoms with E-state index in [1.54, 1.807) is 18.3 Å². The topological polar surface area (TPSA) is 75.4 Å². The summed E-state index contributed by atoms with van der Waals surface area (Å²) in [5.74, 6) is 0.637. The van der Waals surface area contributed by atoms with Crippen LogP contribution in [0.25, 0.3) is 5.65 Å². The lowest BCUT2D eigenvalue weighted by Crippen LogP contribution is -2.32. The molecule has 7 nitrogen and oxygen atoms in total. The summed E-state index contributed by atoms with van der Waals surface area (Å²) in [7, 11) is 0. The minimum Gasteiger partial charge on any atom is -0.372 e. The number of amides is 1. The number of hydrogen-bond donors (Lipinski definition) is 1. The third kappa shape index (κ3) is 3.63. The summed E-state index contributed by atoms with van der Waals surface area (Å²) >= 11 is 0. The van der Waals surface area contributed by atoms with Crippen LogP contribution in [0.3, 0.4) is 0 Å². The summed E-state index contributed by atoms with van der Waals surface area (Å²) in [5, 5.41) is 14.4. The molecule has 1 aliphatic heterocycles. The average molecular weight is 364 g/mol. The van der Waals surface area contributed by atoms with E-state index in [9.17, 15) is 4.79 Å². The quantitative estimate of drug-likeness (QED) is 0.770. The van der Waals surface area contributed by atoms with Crippen LogP contribution in [0.4, 0.5) is 5.69 Å². The van der Waals surface area contributed by atoms with Crippen LogP contribution < -0.4 is 10.2 Å². The summed E-state index contributed by atoms with van der Waals surface area (Å²) in [5.41, 5.74) is 3.25. The van der Waals surface area contributed by atoms with Gasteiger partial charge in [-0.15, -0.1) is 5.10 Å². The van der Waals surface area contributed by atoms with E-state index in [-0.39, 0.29) is 11.9 Å². The van der Waals surface area contributed by atoms with E-state index in [4.69, 9.17) is 0 Å². The van der Waals surface area contributed by atoms with Crippen LogP contribution in [0.1, 0.15) is 48.7 Å². The van der Waals surface area contributed by atoms with E-state index in [2.05, 4.69) is 56.9 Å². The molecule has 4 rings (SSSR count). The van der Waals surface area contributed by atoms with Gasteiger partial charge in [-0.25, -0.2) is 0 Å². The smallest absolute Gasteiger partial charge is 0.255 e. The van der Waals surface area contributed by atoms with E-state index in [0.717, 1.165) is 24.6 Å². The van der Waals surface area contributed by atoms with Gasteiger partial charge in [0.25, 0.3) is 5.91 Å². The number of carbonyl (C=O) groups is 1. The number of rotatable bonds is 4. The number of pyridine rings is 1. The first-order valence-corrected chi connectivity index (χ1v) is 9.44. The highest BCUT2D eigenvalue weighted by Crippen LogP contribution is 2.24. The molecular formula is C20H24N6O. The molecule has 2 aromatic heterocycles. The number of piperidine rings is 1. The second kappa shape index (κ2) is 7.34. The molecule has 1 aromatic carbocycles. The fourth-order valence-electron chi connectivity index (χ4n) is 3.54. The van der Waals surface area contributed by atoms with Crippen LogP contribution in [0, 0.1) is 5.92 Å². The van der Waals surface area contributed by atoms with E-state index in [0.29, 0.717) is 11.2 Å². The molecule has 1 aliphatic rings. The molecule has 1 amide bonds. The molecule has 1 fully saturated rings. The second-order valence-corrected chi connectivity index (χ2v) is 7.33. The van der Waals surface area contributed by atoms with Crippen molar-refractivity contribution in [3.8, 4) is 0 Å². The lowest BCUT2D eigenvalue weighted by atomic mass is 9.98. The maximum absolute atomic E-state index is 12.7. The first-order valence-electron chi connectivity index (χ1n) is 9.44. The molecule has 1 unspecified atom stereocenters. The van der Waals surface area contributed by atoms with Crippen LogP contribution in [-0.2, 0) is 0 Å². The first kappa shape index (κ1) is 17.5. The molecular weight excluding hydrogens is 340 g/mol. The normalized spacial score (nSPS) is 16.4. The Morgan fingerprint density at radius 3 is 2.67 bits per heavy atom. The molecule has 1 N–H and O–H groups in total. The van der Waals surface area contributed by atoms with Crippen molar-refractivity contribution in [2.24, 2.45) is 5.92 Å². The number of tetrazole rings is 1. The van der Waals surface area contributed by atoms with E-state index < -0.39 is 0 Å². The molecule has 0 bridgehead atoms. The van der Waals surface area contributed by atoms with Crippen molar-refractivity contribution < 1.29 is 4.79 Å². The minimum atomic E-state index is -0.183.